The number of rotatable bonds is 12. The molecule has 0 fully saturated rings. The number of nitrogens with one attached hydrogen (secondary N) is 2. The summed E-state index contributed by atoms with van der Waals surface area (Å²) in [6.45, 7) is 1.81. The molecule has 3 rings (SSSR count). The first-order chi connectivity index (χ1) is 16.4. The van der Waals surface area contributed by atoms with Crippen molar-refractivity contribution in [2.75, 3.05) is 18.5 Å². The van der Waals surface area contributed by atoms with Crippen LogP contribution in [0.3, 0.4) is 0 Å². The van der Waals surface area contributed by atoms with Crippen LogP contribution in [0.5, 0.6) is 0 Å². The summed E-state index contributed by atoms with van der Waals surface area (Å²) in [5.74, 6) is -0.947. The SMILES string of the molecule is O=C(N[C@@H](Cc1ccc(COCCCNc2ccccn2)cc1)C(=O)O)c1c(Cl)cccc1Cl. The third-order valence-electron chi connectivity index (χ3n) is 4.96. The van der Waals surface area contributed by atoms with E-state index in [1.807, 2.05) is 42.5 Å². The zero-order valence-electron chi connectivity index (χ0n) is 18.3. The van der Waals surface area contributed by atoms with E-state index in [9.17, 15) is 14.7 Å². The van der Waals surface area contributed by atoms with Crippen molar-refractivity contribution in [3.8, 4) is 0 Å². The number of hydrogen-bond donors (Lipinski definition) is 3. The number of carboxylic acids is 1. The summed E-state index contributed by atoms with van der Waals surface area (Å²) in [6, 6.07) is 16.7. The fraction of sp³-hybridized carbons (Fsp3) is 0.240. The van der Waals surface area contributed by atoms with Gasteiger partial charge in [-0.05, 0) is 41.8 Å². The average Bonchev–Trinajstić information content (AvgIpc) is 2.82. The molecule has 0 aliphatic rings. The first-order valence-corrected chi connectivity index (χ1v) is 11.5. The molecule has 0 radical (unpaired) electrons. The summed E-state index contributed by atoms with van der Waals surface area (Å²) < 4.78 is 5.70. The molecule has 3 aromatic rings. The van der Waals surface area contributed by atoms with E-state index in [1.54, 1.807) is 12.3 Å². The molecule has 1 heterocycles. The van der Waals surface area contributed by atoms with Gasteiger partial charge in [0.05, 0.1) is 22.2 Å². The zero-order valence-corrected chi connectivity index (χ0v) is 19.9. The predicted molar refractivity (Wildman–Crippen MR) is 132 cm³/mol. The second-order valence-corrected chi connectivity index (χ2v) is 8.34. The van der Waals surface area contributed by atoms with Crippen molar-refractivity contribution in [2.24, 2.45) is 0 Å². The molecule has 3 N–H and O–H groups in total. The number of ether oxygens (including phenoxy) is 1. The molecule has 7 nitrogen and oxygen atoms in total. The average molecular weight is 502 g/mol. The number of aromatic nitrogens is 1. The Morgan fingerprint density at radius 1 is 0.971 bits per heavy atom. The second-order valence-electron chi connectivity index (χ2n) is 7.53. The molecule has 0 aliphatic carbocycles. The molecule has 1 aromatic heterocycles. The van der Waals surface area contributed by atoms with E-state index in [0.717, 1.165) is 29.9 Å². The highest BCUT2D eigenvalue weighted by Crippen LogP contribution is 2.24. The van der Waals surface area contributed by atoms with Crippen LogP contribution in [0.1, 0.15) is 27.9 Å². The van der Waals surface area contributed by atoms with Crippen molar-refractivity contribution in [1.29, 1.82) is 0 Å². The normalized spacial score (nSPS) is 11.6. The lowest BCUT2D eigenvalue weighted by Crippen LogP contribution is -2.42. The van der Waals surface area contributed by atoms with Gasteiger partial charge in [-0.25, -0.2) is 9.78 Å². The van der Waals surface area contributed by atoms with Crippen LogP contribution in [0, 0.1) is 0 Å². The third kappa shape index (κ3) is 7.73. The Morgan fingerprint density at radius 3 is 2.32 bits per heavy atom. The van der Waals surface area contributed by atoms with Gasteiger partial charge in [-0.2, -0.15) is 0 Å². The maximum absolute atomic E-state index is 12.6. The number of amides is 1. The summed E-state index contributed by atoms with van der Waals surface area (Å²) in [5.41, 5.74) is 1.79. The van der Waals surface area contributed by atoms with Crippen molar-refractivity contribution in [2.45, 2.75) is 25.5 Å². The number of halogens is 2. The zero-order chi connectivity index (χ0) is 24.3. The van der Waals surface area contributed by atoms with Crippen LogP contribution >= 0.6 is 23.2 Å². The van der Waals surface area contributed by atoms with Crippen molar-refractivity contribution in [3.63, 3.8) is 0 Å². The lowest BCUT2D eigenvalue weighted by Gasteiger charge is -2.16. The molecule has 178 valence electrons. The number of nitrogens with zero attached hydrogens (tertiary/aromatic N) is 1. The number of aliphatic carboxylic acids is 1. The topological polar surface area (TPSA) is 101 Å². The number of hydrogen-bond acceptors (Lipinski definition) is 5. The molecule has 0 saturated carbocycles. The van der Waals surface area contributed by atoms with E-state index in [1.165, 1.54) is 12.1 Å². The minimum absolute atomic E-state index is 0.0554. The van der Waals surface area contributed by atoms with Crippen molar-refractivity contribution < 1.29 is 19.4 Å². The van der Waals surface area contributed by atoms with Gasteiger partial charge in [-0.3, -0.25) is 4.79 Å². The van der Waals surface area contributed by atoms with Gasteiger partial charge in [0.2, 0.25) is 0 Å². The Bertz CT molecular complexity index is 1070. The summed E-state index contributed by atoms with van der Waals surface area (Å²) in [7, 11) is 0. The fourth-order valence-corrected chi connectivity index (χ4v) is 3.77. The van der Waals surface area contributed by atoms with Crippen LogP contribution in [0.2, 0.25) is 10.0 Å². The summed E-state index contributed by atoms with van der Waals surface area (Å²) in [6.07, 6.45) is 2.69. The largest absolute Gasteiger partial charge is 0.480 e. The van der Waals surface area contributed by atoms with Gasteiger partial charge in [0, 0.05) is 25.8 Å². The number of carbonyl (C=O) groups is 2. The quantitative estimate of drug-likeness (QED) is 0.307. The summed E-state index contributed by atoms with van der Waals surface area (Å²) in [4.78, 5) is 28.5. The van der Waals surface area contributed by atoms with Gasteiger partial charge in [0.25, 0.3) is 5.91 Å². The van der Waals surface area contributed by atoms with Gasteiger partial charge in [0.1, 0.15) is 11.9 Å². The monoisotopic (exact) mass is 501 g/mol. The Balaban J connectivity index is 1.45. The molecule has 0 unspecified atom stereocenters. The smallest absolute Gasteiger partial charge is 0.326 e. The molecule has 0 saturated heterocycles. The summed E-state index contributed by atoms with van der Waals surface area (Å²) >= 11 is 12.1. The molecule has 1 amide bonds. The van der Waals surface area contributed by atoms with Crippen LogP contribution in [0.25, 0.3) is 0 Å². The fourth-order valence-electron chi connectivity index (χ4n) is 3.20. The van der Waals surface area contributed by atoms with Crippen LogP contribution in [-0.2, 0) is 22.6 Å². The molecule has 9 heteroatoms. The summed E-state index contributed by atoms with van der Waals surface area (Å²) in [5, 5.41) is 15.6. The Hall–Kier alpha value is -3.13. The molecule has 1 atom stereocenters. The van der Waals surface area contributed by atoms with Gasteiger partial charge in [0.15, 0.2) is 0 Å². The maximum atomic E-state index is 12.6. The molecule has 0 aliphatic heterocycles. The number of anilines is 1. The van der Waals surface area contributed by atoms with Gasteiger partial charge < -0.3 is 20.5 Å². The number of pyridine rings is 1. The lowest BCUT2D eigenvalue weighted by molar-refractivity contribution is -0.139. The first-order valence-electron chi connectivity index (χ1n) is 10.7. The number of carbonyl (C=O) groups excluding carboxylic acids is 1. The van der Waals surface area contributed by atoms with Gasteiger partial charge >= 0.3 is 5.97 Å². The molecular formula is C25H25Cl2N3O4. The van der Waals surface area contributed by atoms with Crippen LogP contribution in [0.4, 0.5) is 5.82 Å². The molecule has 0 bridgehead atoms. The minimum atomic E-state index is -1.15. The highest BCUT2D eigenvalue weighted by molar-refractivity contribution is 6.39. The van der Waals surface area contributed by atoms with E-state index in [4.69, 9.17) is 27.9 Å². The Kier molecular flexibility index (Phi) is 9.70. The number of carboxylic acid groups (broad SMARTS) is 1. The third-order valence-corrected chi connectivity index (χ3v) is 5.59. The molecule has 2 aromatic carbocycles. The predicted octanol–water partition coefficient (Wildman–Crippen LogP) is 4.83. The Morgan fingerprint density at radius 2 is 1.68 bits per heavy atom. The van der Waals surface area contributed by atoms with E-state index >= 15 is 0 Å². The Labute approximate surface area is 208 Å². The van der Waals surface area contributed by atoms with E-state index < -0.39 is 17.9 Å². The standard InChI is InChI=1S/C25H25Cl2N3O4/c26-19-5-3-6-20(27)23(19)24(31)30-21(25(32)33)15-17-8-10-18(11-9-17)16-34-14-4-13-29-22-7-1-2-12-28-22/h1-3,5-12,21H,4,13-16H2,(H,28,29)(H,30,31)(H,32,33)/t21-/m0/s1. The van der Waals surface area contributed by atoms with Crippen LogP contribution in [0.15, 0.2) is 66.9 Å². The van der Waals surface area contributed by atoms with Crippen LogP contribution < -0.4 is 10.6 Å². The highest BCUT2D eigenvalue weighted by atomic mass is 35.5. The lowest BCUT2D eigenvalue weighted by atomic mass is 10.0. The van der Waals surface area contributed by atoms with Crippen molar-refractivity contribution >= 4 is 40.9 Å². The van der Waals surface area contributed by atoms with Crippen molar-refractivity contribution in [1.82, 2.24) is 10.3 Å². The minimum Gasteiger partial charge on any atom is -0.480 e. The van der Waals surface area contributed by atoms with Crippen molar-refractivity contribution in [3.05, 3.63) is 93.6 Å². The second kappa shape index (κ2) is 12.9. The highest BCUT2D eigenvalue weighted by Gasteiger charge is 2.23. The van der Waals surface area contributed by atoms with E-state index in [2.05, 4.69) is 15.6 Å². The maximum Gasteiger partial charge on any atom is 0.326 e. The van der Waals surface area contributed by atoms with Gasteiger partial charge in [-0.15, -0.1) is 0 Å². The van der Waals surface area contributed by atoms with E-state index in [0.29, 0.717) is 13.2 Å². The van der Waals surface area contributed by atoms with Gasteiger partial charge in [-0.1, -0.05) is 59.6 Å². The molecule has 34 heavy (non-hydrogen) atoms. The van der Waals surface area contributed by atoms with Crippen LogP contribution in [-0.4, -0.2) is 41.2 Å². The van der Waals surface area contributed by atoms with E-state index in [-0.39, 0.29) is 22.0 Å². The molecule has 0 spiro atoms. The number of benzene rings is 2. The first kappa shape index (κ1) is 25.5. The molecular weight excluding hydrogens is 477 g/mol.